The van der Waals surface area contributed by atoms with Crippen molar-refractivity contribution in [1.29, 1.82) is 5.26 Å². The molecule has 2 unspecified atom stereocenters. The highest BCUT2D eigenvalue weighted by atomic mass is 16.6. The number of carbonyl (C=O) groups excluding carboxylic acids is 3. The monoisotopic (exact) mass is 432 g/mol. The fourth-order valence-corrected chi connectivity index (χ4v) is 2.88. The first-order valence-corrected chi connectivity index (χ1v) is 10.0. The summed E-state index contributed by atoms with van der Waals surface area (Å²) in [6, 6.07) is 6.21. The normalized spacial score (nSPS) is 13.0. The van der Waals surface area contributed by atoms with E-state index in [9.17, 15) is 24.8 Å². The number of rotatable bonds is 8. The van der Waals surface area contributed by atoms with E-state index in [2.05, 4.69) is 10.6 Å². The first-order valence-electron chi connectivity index (χ1n) is 10.0. The summed E-state index contributed by atoms with van der Waals surface area (Å²) in [6.45, 7) is 9.24. The Bertz CT molecular complexity index is 826. The first-order chi connectivity index (χ1) is 14.4. The number of aliphatic hydroxyl groups excluding tert-OH is 1. The van der Waals surface area contributed by atoms with Crippen LogP contribution in [0, 0.1) is 18.3 Å². The molecule has 0 aliphatic heterocycles. The van der Waals surface area contributed by atoms with Crippen LogP contribution in [0.25, 0.3) is 0 Å². The molecule has 3 amide bonds. The average Bonchev–Trinajstić information content (AvgIpc) is 2.63. The van der Waals surface area contributed by atoms with Crippen LogP contribution >= 0.6 is 0 Å². The first kappa shape index (κ1) is 25.9. The largest absolute Gasteiger partial charge is 0.444 e. The summed E-state index contributed by atoms with van der Waals surface area (Å²) in [5.41, 5.74) is 0.575. The molecule has 170 valence electrons. The third kappa shape index (κ3) is 8.26. The molecule has 0 saturated heterocycles. The highest BCUT2D eigenvalue weighted by Crippen LogP contribution is 2.23. The molecule has 0 spiro atoms. The van der Waals surface area contributed by atoms with E-state index in [0.717, 1.165) is 10.5 Å². The summed E-state index contributed by atoms with van der Waals surface area (Å²) in [7, 11) is 0. The van der Waals surface area contributed by atoms with Gasteiger partial charge in [0, 0.05) is 6.04 Å². The minimum atomic E-state index is -1.39. The van der Waals surface area contributed by atoms with Crippen LogP contribution in [0.1, 0.15) is 51.8 Å². The van der Waals surface area contributed by atoms with Crippen LogP contribution in [0.15, 0.2) is 24.3 Å². The Labute approximate surface area is 183 Å². The minimum Gasteiger partial charge on any atom is -0.444 e. The molecule has 1 aromatic rings. The highest BCUT2D eigenvalue weighted by Gasteiger charge is 2.36. The molecule has 3 N–H and O–H groups in total. The molecule has 9 heteroatoms. The molecule has 9 nitrogen and oxygen atoms in total. The van der Waals surface area contributed by atoms with Gasteiger partial charge >= 0.3 is 6.09 Å². The Morgan fingerprint density at radius 3 is 2.35 bits per heavy atom. The molecule has 0 fully saturated rings. The number of carbonyl (C=O) groups is 3. The van der Waals surface area contributed by atoms with Crippen molar-refractivity contribution < 1.29 is 24.2 Å². The Morgan fingerprint density at radius 1 is 1.23 bits per heavy atom. The minimum absolute atomic E-state index is 0.202. The topological polar surface area (TPSA) is 132 Å². The lowest BCUT2D eigenvalue weighted by Crippen LogP contribution is -2.54. The zero-order valence-electron chi connectivity index (χ0n) is 18.9. The quantitative estimate of drug-likeness (QED) is 0.537. The standard InChI is InChI=1S/C22H32N4O5/c1-14(2)24-19(28)18(16-9-7-8-15(3)12-16)26(11-10-23)20(29)17(13-27)25-21(30)31-22(4,5)6/h7-9,12,14,17-18,27H,11,13H2,1-6H3,(H,24,28)(H,25,30). The summed E-state index contributed by atoms with van der Waals surface area (Å²) in [4.78, 5) is 39.4. The van der Waals surface area contributed by atoms with Crippen molar-refractivity contribution in [2.24, 2.45) is 0 Å². The van der Waals surface area contributed by atoms with Gasteiger partial charge in [-0.05, 0) is 47.1 Å². The number of nitrogens with one attached hydrogen (secondary N) is 2. The summed E-state index contributed by atoms with van der Waals surface area (Å²) in [5.74, 6) is -1.25. The van der Waals surface area contributed by atoms with Gasteiger partial charge in [-0.25, -0.2) is 4.79 Å². The number of nitrogens with zero attached hydrogens (tertiary/aromatic N) is 2. The van der Waals surface area contributed by atoms with E-state index in [0.29, 0.717) is 5.56 Å². The van der Waals surface area contributed by atoms with E-state index in [1.807, 2.05) is 19.1 Å². The van der Waals surface area contributed by atoms with Gasteiger partial charge in [-0.15, -0.1) is 0 Å². The zero-order chi connectivity index (χ0) is 23.8. The lowest BCUT2D eigenvalue weighted by atomic mass is 10.0. The number of alkyl carbamates (subject to hydrolysis) is 1. The predicted molar refractivity (Wildman–Crippen MR) is 115 cm³/mol. The van der Waals surface area contributed by atoms with Crippen molar-refractivity contribution in [3.05, 3.63) is 35.4 Å². The fraction of sp³-hybridized carbons (Fsp3) is 0.545. The molecular weight excluding hydrogens is 400 g/mol. The van der Waals surface area contributed by atoms with Crippen LogP contribution in [0.2, 0.25) is 0 Å². The molecule has 1 aromatic carbocycles. The molecule has 0 heterocycles. The van der Waals surface area contributed by atoms with E-state index in [1.165, 1.54) is 0 Å². The molecule has 0 radical (unpaired) electrons. The van der Waals surface area contributed by atoms with E-state index in [-0.39, 0.29) is 6.04 Å². The molecule has 2 atom stereocenters. The summed E-state index contributed by atoms with van der Waals surface area (Å²) in [5, 5.41) is 24.2. The van der Waals surface area contributed by atoms with E-state index >= 15 is 0 Å². The zero-order valence-corrected chi connectivity index (χ0v) is 18.9. The van der Waals surface area contributed by atoms with Crippen LogP contribution in [0.4, 0.5) is 4.79 Å². The summed E-state index contributed by atoms with van der Waals surface area (Å²) < 4.78 is 5.14. The Kier molecular flexibility index (Phi) is 9.46. The van der Waals surface area contributed by atoms with Gasteiger partial charge in [-0.3, -0.25) is 9.59 Å². The highest BCUT2D eigenvalue weighted by molar-refractivity contribution is 5.92. The number of benzene rings is 1. The molecule has 0 saturated carbocycles. The third-order valence-corrected chi connectivity index (χ3v) is 4.04. The maximum absolute atomic E-state index is 13.2. The van der Waals surface area contributed by atoms with E-state index in [1.54, 1.807) is 52.8 Å². The number of amides is 3. The van der Waals surface area contributed by atoms with Crippen LogP contribution in [-0.4, -0.2) is 58.8 Å². The van der Waals surface area contributed by atoms with Crippen molar-refractivity contribution in [2.45, 2.75) is 65.3 Å². The van der Waals surface area contributed by atoms with Crippen molar-refractivity contribution in [1.82, 2.24) is 15.5 Å². The molecule has 1 rings (SSSR count). The van der Waals surface area contributed by atoms with Crippen LogP contribution in [0.5, 0.6) is 0 Å². The summed E-state index contributed by atoms with van der Waals surface area (Å²) in [6.07, 6.45) is -0.893. The van der Waals surface area contributed by atoms with Crippen LogP contribution < -0.4 is 10.6 Å². The van der Waals surface area contributed by atoms with Crippen molar-refractivity contribution >= 4 is 17.9 Å². The van der Waals surface area contributed by atoms with Gasteiger partial charge in [0.1, 0.15) is 24.2 Å². The van der Waals surface area contributed by atoms with Gasteiger partial charge in [0.15, 0.2) is 0 Å². The molecule has 0 bridgehead atoms. The molecule has 0 aliphatic carbocycles. The van der Waals surface area contributed by atoms with Gasteiger partial charge in [0.05, 0.1) is 12.7 Å². The van der Waals surface area contributed by atoms with Gasteiger partial charge in [0.25, 0.3) is 0 Å². The van der Waals surface area contributed by atoms with Gasteiger partial charge < -0.3 is 25.4 Å². The summed E-state index contributed by atoms with van der Waals surface area (Å²) >= 11 is 0. The number of hydrogen-bond donors (Lipinski definition) is 3. The number of hydrogen-bond acceptors (Lipinski definition) is 6. The maximum Gasteiger partial charge on any atom is 0.408 e. The Hall–Kier alpha value is -3.12. The number of aryl methyl sites for hydroxylation is 1. The molecular formula is C22H32N4O5. The van der Waals surface area contributed by atoms with Gasteiger partial charge in [-0.1, -0.05) is 29.8 Å². The SMILES string of the molecule is Cc1cccc(C(C(=O)NC(C)C)N(CC#N)C(=O)C(CO)NC(=O)OC(C)(C)C)c1. The fourth-order valence-electron chi connectivity index (χ4n) is 2.88. The van der Waals surface area contributed by atoms with Crippen LogP contribution in [-0.2, 0) is 14.3 Å². The Balaban J connectivity index is 3.31. The number of aliphatic hydroxyl groups is 1. The predicted octanol–water partition coefficient (Wildman–Crippen LogP) is 1.80. The van der Waals surface area contributed by atoms with E-state index in [4.69, 9.17) is 4.74 Å². The van der Waals surface area contributed by atoms with Gasteiger partial charge in [0.2, 0.25) is 11.8 Å². The van der Waals surface area contributed by atoms with Crippen molar-refractivity contribution in [3.63, 3.8) is 0 Å². The van der Waals surface area contributed by atoms with Crippen molar-refractivity contribution in [3.8, 4) is 6.07 Å². The van der Waals surface area contributed by atoms with Crippen LogP contribution in [0.3, 0.4) is 0 Å². The smallest absolute Gasteiger partial charge is 0.408 e. The molecule has 0 aromatic heterocycles. The number of ether oxygens (including phenoxy) is 1. The lowest BCUT2D eigenvalue weighted by molar-refractivity contribution is -0.142. The third-order valence-electron chi connectivity index (χ3n) is 4.04. The second kappa shape index (κ2) is 11.3. The second-order valence-corrected chi connectivity index (χ2v) is 8.49. The average molecular weight is 433 g/mol. The second-order valence-electron chi connectivity index (χ2n) is 8.49. The number of nitriles is 1. The lowest BCUT2D eigenvalue weighted by Gasteiger charge is -2.33. The van der Waals surface area contributed by atoms with Crippen molar-refractivity contribution in [2.75, 3.05) is 13.2 Å². The molecule has 0 aliphatic rings. The van der Waals surface area contributed by atoms with E-state index < -0.39 is 48.7 Å². The molecule has 31 heavy (non-hydrogen) atoms. The van der Waals surface area contributed by atoms with Gasteiger partial charge in [-0.2, -0.15) is 5.26 Å². The Morgan fingerprint density at radius 2 is 1.87 bits per heavy atom. The maximum atomic E-state index is 13.2.